The first-order valence-corrected chi connectivity index (χ1v) is 5.72. The van der Waals surface area contributed by atoms with Crippen LogP contribution >= 0.6 is 11.6 Å². The van der Waals surface area contributed by atoms with Crippen LogP contribution in [0.5, 0.6) is 0 Å². The number of carbonyl (C=O) groups is 2. The van der Waals surface area contributed by atoms with Crippen LogP contribution in [0.15, 0.2) is 24.3 Å². The lowest BCUT2D eigenvalue weighted by Gasteiger charge is -2.05. The van der Waals surface area contributed by atoms with Crippen LogP contribution in [0.1, 0.15) is 27.6 Å². The Bertz CT molecular complexity index is 403. The average molecular weight is 257 g/mol. The molecule has 92 valence electrons. The first kappa shape index (κ1) is 13.5. The number of hydrogen-bond donors (Lipinski definition) is 0. The van der Waals surface area contributed by atoms with Gasteiger partial charge in [-0.2, -0.15) is 0 Å². The largest absolute Gasteiger partial charge is 0.462 e. The van der Waals surface area contributed by atoms with Gasteiger partial charge in [0.25, 0.3) is 0 Å². The number of ether oxygens (including phenoxy) is 2. The molecule has 0 atom stereocenters. The Morgan fingerprint density at radius 2 is 1.76 bits per heavy atom. The van der Waals surface area contributed by atoms with E-state index < -0.39 is 11.9 Å². The molecule has 0 N–H and O–H groups in total. The second-order valence-electron chi connectivity index (χ2n) is 3.13. The minimum atomic E-state index is -0.503. The molecular formula is C12H13ClO4. The Balaban J connectivity index is 2.78. The van der Waals surface area contributed by atoms with Gasteiger partial charge in [-0.3, -0.25) is 0 Å². The molecule has 4 nitrogen and oxygen atoms in total. The van der Waals surface area contributed by atoms with E-state index in [1.165, 1.54) is 6.07 Å². The number of rotatable bonds is 5. The molecule has 17 heavy (non-hydrogen) atoms. The third-order valence-corrected chi connectivity index (χ3v) is 2.07. The predicted molar refractivity (Wildman–Crippen MR) is 63.4 cm³/mol. The van der Waals surface area contributed by atoms with Gasteiger partial charge in [0.15, 0.2) is 0 Å². The van der Waals surface area contributed by atoms with Gasteiger partial charge in [-0.15, -0.1) is 11.6 Å². The van der Waals surface area contributed by atoms with Crippen molar-refractivity contribution in [3.63, 3.8) is 0 Å². The van der Waals surface area contributed by atoms with E-state index in [0.29, 0.717) is 17.7 Å². The normalized spacial score (nSPS) is 9.76. The topological polar surface area (TPSA) is 52.6 Å². The molecule has 0 aliphatic rings. The number of halogens is 1. The van der Waals surface area contributed by atoms with E-state index in [0.717, 1.165) is 0 Å². The summed E-state index contributed by atoms with van der Waals surface area (Å²) in [7, 11) is 0. The van der Waals surface area contributed by atoms with E-state index in [1.54, 1.807) is 25.1 Å². The van der Waals surface area contributed by atoms with Crippen LogP contribution < -0.4 is 0 Å². The molecule has 0 aromatic heterocycles. The summed E-state index contributed by atoms with van der Waals surface area (Å²) in [5.41, 5.74) is 0.632. The van der Waals surface area contributed by atoms with Crippen molar-refractivity contribution < 1.29 is 19.1 Å². The van der Waals surface area contributed by atoms with Crippen molar-refractivity contribution >= 4 is 23.5 Å². The van der Waals surface area contributed by atoms with Gasteiger partial charge in [0, 0.05) is 0 Å². The molecule has 1 aromatic carbocycles. The zero-order valence-electron chi connectivity index (χ0n) is 9.44. The van der Waals surface area contributed by atoms with Crippen molar-refractivity contribution in [3.8, 4) is 0 Å². The third kappa shape index (κ3) is 4.07. The van der Waals surface area contributed by atoms with E-state index >= 15 is 0 Å². The highest BCUT2D eigenvalue weighted by Gasteiger charge is 2.11. The van der Waals surface area contributed by atoms with Gasteiger partial charge < -0.3 is 9.47 Å². The minimum absolute atomic E-state index is 0.143. The fraction of sp³-hybridized carbons (Fsp3) is 0.333. The molecule has 0 bridgehead atoms. The highest BCUT2D eigenvalue weighted by atomic mass is 35.5. The van der Waals surface area contributed by atoms with Gasteiger partial charge in [0.1, 0.15) is 6.61 Å². The zero-order chi connectivity index (χ0) is 12.7. The highest BCUT2D eigenvalue weighted by Crippen LogP contribution is 2.08. The van der Waals surface area contributed by atoms with Crippen molar-refractivity contribution in [1.82, 2.24) is 0 Å². The van der Waals surface area contributed by atoms with E-state index in [1.807, 2.05) is 0 Å². The standard InChI is InChI=1S/C12H13ClO4/c1-2-16-11(14)9-4-3-5-10(8-9)12(15)17-7-6-13/h3-5,8H,2,6-7H2,1H3. The molecule has 5 heteroatoms. The molecule has 0 radical (unpaired) electrons. The van der Waals surface area contributed by atoms with E-state index in [2.05, 4.69) is 0 Å². The molecule has 0 saturated carbocycles. The van der Waals surface area contributed by atoms with Crippen molar-refractivity contribution in [1.29, 1.82) is 0 Å². The van der Waals surface area contributed by atoms with Gasteiger partial charge >= 0.3 is 11.9 Å². The number of hydrogen-bond acceptors (Lipinski definition) is 4. The molecule has 1 rings (SSSR count). The van der Waals surface area contributed by atoms with E-state index in [9.17, 15) is 9.59 Å². The van der Waals surface area contributed by atoms with Crippen molar-refractivity contribution in [2.24, 2.45) is 0 Å². The Morgan fingerprint density at radius 1 is 1.18 bits per heavy atom. The Hall–Kier alpha value is -1.55. The monoisotopic (exact) mass is 256 g/mol. The maximum atomic E-state index is 11.5. The number of benzene rings is 1. The molecule has 0 aliphatic carbocycles. The first-order chi connectivity index (χ1) is 8.19. The molecule has 0 saturated heterocycles. The van der Waals surface area contributed by atoms with Crippen molar-refractivity contribution in [3.05, 3.63) is 35.4 Å². The van der Waals surface area contributed by atoms with Crippen LogP contribution in [0.25, 0.3) is 0 Å². The fourth-order valence-electron chi connectivity index (χ4n) is 1.20. The number of esters is 2. The lowest BCUT2D eigenvalue weighted by atomic mass is 10.1. The van der Waals surface area contributed by atoms with Gasteiger partial charge in [-0.1, -0.05) is 6.07 Å². The van der Waals surface area contributed by atoms with Crippen LogP contribution in [-0.4, -0.2) is 31.0 Å². The van der Waals surface area contributed by atoms with Crippen LogP contribution in [-0.2, 0) is 9.47 Å². The molecule has 0 amide bonds. The average Bonchev–Trinajstić information content (AvgIpc) is 2.36. The van der Waals surface area contributed by atoms with Gasteiger partial charge in [-0.05, 0) is 25.1 Å². The van der Waals surface area contributed by atoms with Crippen LogP contribution in [0.2, 0.25) is 0 Å². The van der Waals surface area contributed by atoms with Gasteiger partial charge in [0.05, 0.1) is 23.6 Å². The molecule has 0 aliphatic heterocycles. The van der Waals surface area contributed by atoms with Crippen molar-refractivity contribution in [2.75, 3.05) is 19.1 Å². The van der Waals surface area contributed by atoms with Crippen LogP contribution in [0.3, 0.4) is 0 Å². The molecular weight excluding hydrogens is 244 g/mol. The highest BCUT2D eigenvalue weighted by molar-refractivity contribution is 6.18. The third-order valence-electron chi connectivity index (χ3n) is 1.92. The molecule has 0 fully saturated rings. The summed E-state index contributed by atoms with van der Waals surface area (Å²) < 4.78 is 9.68. The summed E-state index contributed by atoms with van der Waals surface area (Å²) in [5.74, 6) is -0.722. The number of carbonyl (C=O) groups excluding carboxylic acids is 2. The summed E-state index contributed by atoms with van der Waals surface area (Å²) in [5, 5.41) is 0. The second kappa shape index (κ2) is 6.91. The summed E-state index contributed by atoms with van der Waals surface area (Å²) in [6, 6.07) is 6.19. The Morgan fingerprint density at radius 3 is 2.29 bits per heavy atom. The van der Waals surface area contributed by atoms with Gasteiger partial charge in [0.2, 0.25) is 0 Å². The number of alkyl halides is 1. The molecule has 0 heterocycles. The first-order valence-electron chi connectivity index (χ1n) is 5.19. The summed E-state index contributed by atoms with van der Waals surface area (Å²) in [6.45, 7) is 2.15. The second-order valence-corrected chi connectivity index (χ2v) is 3.50. The molecule has 0 spiro atoms. The molecule has 1 aromatic rings. The summed E-state index contributed by atoms with van der Waals surface area (Å²) >= 11 is 5.40. The Kier molecular flexibility index (Phi) is 5.49. The van der Waals surface area contributed by atoms with Crippen LogP contribution in [0, 0.1) is 0 Å². The molecule has 0 unspecified atom stereocenters. The quantitative estimate of drug-likeness (QED) is 0.599. The minimum Gasteiger partial charge on any atom is -0.462 e. The predicted octanol–water partition coefficient (Wildman–Crippen LogP) is 2.26. The maximum absolute atomic E-state index is 11.5. The Labute approximate surface area is 104 Å². The van der Waals surface area contributed by atoms with E-state index in [-0.39, 0.29) is 12.5 Å². The summed E-state index contributed by atoms with van der Waals surface area (Å²) in [4.78, 5) is 22.9. The lowest BCUT2D eigenvalue weighted by Crippen LogP contribution is -2.10. The van der Waals surface area contributed by atoms with E-state index in [4.69, 9.17) is 21.1 Å². The summed E-state index contributed by atoms with van der Waals surface area (Å²) in [6.07, 6.45) is 0. The SMILES string of the molecule is CCOC(=O)c1cccc(C(=O)OCCCl)c1. The van der Waals surface area contributed by atoms with Crippen molar-refractivity contribution in [2.45, 2.75) is 6.92 Å². The smallest absolute Gasteiger partial charge is 0.338 e. The maximum Gasteiger partial charge on any atom is 0.338 e. The fourth-order valence-corrected chi connectivity index (χ4v) is 1.28. The van der Waals surface area contributed by atoms with Gasteiger partial charge in [-0.25, -0.2) is 9.59 Å². The zero-order valence-corrected chi connectivity index (χ0v) is 10.2. The lowest BCUT2D eigenvalue weighted by molar-refractivity contribution is 0.0526. The van der Waals surface area contributed by atoms with Crippen LogP contribution in [0.4, 0.5) is 0 Å².